The summed E-state index contributed by atoms with van der Waals surface area (Å²) in [6, 6.07) is 8.07. The zero-order chi connectivity index (χ0) is 6.97. The fraction of sp³-hybridized carbons (Fsp3) is 0. The molecule has 0 spiro atoms. The predicted molar refractivity (Wildman–Crippen MR) is 45.6 cm³/mol. The van der Waals surface area contributed by atoms with Gasteiger partial charge in [-0.2, -0.15) is 0 Å². The van der Waals surface area contributed by atoms with Crippen molar-refractivity contribution >= 4 is 23.5 Å². The van der Waals surface area contributed by atoms with Crippen molar-refractivity contribution in [2.75, 3.05) is 0 Å². The van der Waals surface area contributed by atoms with Crippen molar-refractivity contribution in [3.63, 3.8) is 0 Å². The van der Waals surface area contributed by atoms with Gasteiger partial charge in [0.05, 0.1) is 5.52 Å². The Balaban J connectivity index is 2.95. The smallest absolute Gasteiger partial charge is 0.0589 e. The van der Waals surface area contributed by atoms with E-state index in [9.17, 15) is 0 Å². The van der Waals surface area contributed by atoms with Gasteiger partial charge in [-0.25, -0.2) is 0 Å². The summed E-state index contributed by atoms with van der Waals surface area (Å²) in [7, 11) is 0. The third-order valence-corrected chi connectivity index (χ3v) is 1.94. The van der Waals surface area contributed by atoms with Crippen LogP contribution in [0.25, 0.3) is 10.9 Å². The van der Waals surface area contributed by atoms with E-state index in [1.807, 2.05) is 24.4 Å². The molecule has 2 heteroatoms. The maximum Gasteiger partial charge on any atom is 0.0589 e. The average molecular weight is 149 g/mol. The van der Waals surface area contributed by atoms with E-state index in [0.29, 0.717) is 0 Å². The first-order valence-electron chi connectivity index (χ1n) is 3.13. The Morgan fingerprint density at radius 3 is 2.90 bits per heavy atom. The molecule has 2 aromatic rings. The van der Waals surface area contributed by atoms with Crippen molar-refractivity contribution in [1.82, 2.24) is 4.98 Å². The fourth-order valence-corrected chi connectivity index (χ4v) is 1.35. The second kappa shape index (κ2) is 2.06. The molecule has 0 radical (unpaired) electrons. The highest BCUT2D eigenvalue weighted by Crippen LogP contribution is 2.18. The average Bonchev–Trinajstić information content (AvgIpc) is 2.36. The number of thiol groups is 1. The Morgan fingerprint density at radius 1 is 1.20 bits per heavy atom. The molecule has 1 heterocycles. The molecule has 0 unspecified atom stereocenters. The molecular weight excluding hydrogens is 142 g/mol. The fourth-order valence-electron chi connectivity index (χ4n) is 1.07. The minimum absolute atomic E-state index is 1.00. The molecule has 10 heavy (non-hydrogen) atoms. The van der Waals surface area contributed by atoms with Gasteiger partial charge in [0, 0.05) is 16.5 Å². The van der Waals surface area contributed by atoms with Crippen molar-refractivity contribution in [3.8, 4) is 0 Å². The number of para-hydroxylation sites is 1. The number of H-pyrrole nitrogens is 1. The van der Waals surface area contributed by atoms with Crippen LogP contribution in [0.4, 0.5) is 0 Å². The van der Waals surface area contributed by atoms with Crippen LogP contribution in [0.5, 0.6) is 0 Å². The molecule has 1 nitrogen and oxygen atoms in total. The van der Waals surface area contributed by atoms with E-state index in [1.165, 1.54) is 5.39 Å². The van der Waals surface area contributed by atoms with Gasteiger partial charge in [0.1, 0.15) is 0 Å². The monoisotopic (exact) mass is 149 g/mol. The molecule has 0 amide bonds. The molecular formula is C8H7NS. The van der Waals surface area contributed by atoms with Crippen molar-refractivity contribution < 1.29 is 0 Å². The zero-order valence-electron chi connectivity index (χ0n) is 5.33. The first kappa shape index (κ1) is 5.86. The molecule has 0 aliphatic rings. The van der Waals surface area contributed by atoms with E-state index in [-0.39, 0.29) is 0 Å². The minimum atomic E-state index is 1.00. The van der Waals surface area contributed by atoms with Crippen molar-refractivity contribution in [2.24, 2.45) is 0 Å². The largest absolute Gasteiger partial charge is 0.360 e. The van der Waals surface area contributed by atoms with E-state index in [2.05, 4.69) is 23.7 Å². The first-order chi connectivity index (χ1) is 4.88. The molecule has 0 aliphatic carbocycles. The highest BCUT2D eigenvalue weighted by molar-refractivity contribution is 7.80. The van der Waals surface area contributed by atoms with Gasteiger partial charge in [-0.1, -0.05) is 12.1 Å². The van der Waals surface area contributed by atoms with E-state index in [0.717, 1.165) is 10.4 Å². The second-order valence-electron chi connectivity index (χ2n) is 2.22. The standard InChI is InChI=1S/C8H7NS/c10-7-3-1-2-6-4-5-9-8(6)7/h1-5,9-10H. The van der Waals surface area contributed by atoms with Crippen LogP contribution in [0.3, 0.4) is 0 Å². The number of hydrogen-bond donors (Lipinski definition) is 2. The lowest BCUT2D eigenvalue weighted by Gasteiger charge is -1.91. The summed E-state index contributed by atoms with van der Waals surface area (Å²) < 4.78 is 0. The summed E-state index contributed by atoms with van der Waals surface area (Å²) in [6.45, 7) is 0. The lowest BCUT2D eigenvalue weighted by Crippen LogP contribution is -1.68. The quantitative estimate of drug-likeness (QED) is 0.535. The van der Waals surface area contributed by atoms with Gasteiger partial charge in [-0.15, -0.1) is 12.6 Å². The number of aromatic nitrogens is 1. The normalized spacial score (nSPS) is 10.5. The second-order valence-corrected chi connectivity index (χ2v) is 2.70. The Morgan fingerprint density at radius 2 is 2.10 bits per heavy atom. The molecule has 1 aromatic carbocycles. The van der Waals surface area contributed by atoms with E-state index in [4.69, 9.17) is 0 Å². The number of aromatic amines is 1. The number of hydrogen-bond acceptors (Lipinski definition) is 1. The van der Waals surface area contributed by atoms with Crippen LogP contribution in [0.1, 0.15) is 0 Å². The maximum absolute atomic E-state index is 4.29. The van der Waals surface area contributed by atoms with Gasteiger partial charge in [-0.3, -0.25) is 0 Å². The summed E-state index contributed by atoms with van der Waals surface area (Å²) in [5.74, 6) is 0. The van der Waals surface area contributed by atoms with Crippen LogP contribution in [0.15, 0.2) is 35.4 Å². The maximum atomic E-state index is 4.29. The molecule has 0 bridgehead atoms. The van der Waals surface area contributed by atoms with Crippen LogP contribution in [-0.4, -0.2) is 4.98 Å². The third kappa shape index (κ3) is 0.727. The van der Waals surface area contributed by atoms with Crippen molar-refractivity contribution in [2.45, 2.75) is 4.90 Å². The molecule has 0 fully saturated rings. The van der Waals surface area contributed by atoms with Crippen LogP contribution < -0.4 is 0 Å². The minimum Gasteiger partial charge on any atom is -0.360 e. The van der Waals surface area contributed by atoms with E-state index < -0.39 is 0 Å². The van der Waals surface area contributed by atoms with Gasteiger partial charge in [0.2, 0.25) is 0 Å². The lowest BCUT2D eigenvalue weighted by molar-refractivity contribution is 1.41. The van der Waals surface area contributed by atoms with Crippen molar-refractivity contribution in [3.05, 3.63) is 30.5 Å². The molecule has 0 saturated carbocycles. The van der Waals surface area contributed by atoms with Gasteiger partial charge in [0.25, 0.3) is 0 Å². The number of benzene rings is 1. The van der Waals surface area contributed by atoms with Crippen LogP contribution >= 0.6 is 12.6 Å². The molecule has 50 valence electrons. The molecule has 1 N–H and O–H groups in total. The van der Waals surface area contributed by atoms with Crippen LogP contribution in [0.2, 0.25) is 0 Å². The number of rotatable bonds is 0. The van der Waals surface area contributed by atoms with Gasteiger partial charge >= 0.3 is 0 Å². The SMILES string of the molecule is Sc1cccc2cc[nH]c12. The topological polar surface area (TPSA) is 15.8 Å². The molecule has 2 rings (SSSR count). The Bertz CT molecular complexity index is 351. The summed E-state index contributed by atoms with van der Waals surface area (Å²) >= 11 is 4.29. The Kier molecular flexibility index (Phi) is 1.21. The molecule has 1 aromatic heterocycles. The molecule has 0 aliphatic heterocycles. The third-order valence-electron chi connectivity index (χ3n) is 1.57. The van der Waals surface area contributed by atoms with E-state index in [1.54, 1.807) is 0 Å². The number of nitrogens with one attached hydrogen (secondary N) is 1. The Labute approximate surface area is 64.5 Å². The Hall–Kier alpha value is -0.890. The van der Waals surface area contributed by atoms with Crippen LogP contribution in [0, 0.1) is 0 Å². The highest BCUT2D eigenvalue weighted by Gasteiger charge is 1.94. The summed E-state index contributed by atoms with van der Waals surface area (Å²) in [4.78, 5) is 4.11. The van der Waals surface area contributed by atoms with Gasteiger partial charge in [0.15, 0.2) is 0 Å². The summed E-state index contributed by atoms with van der Waals surface area (Å²) in [5, 5.41) is 1.22. The lowest BCUT2D eigenvalue weighted by atomic mass is 10.2. The van der Waals surface area contributed by atoms with Crippen LogP contribution in [-0.2, 0) is 0 Å². The molecule has 0 saturated heterocycles. The summed E-state index contributed by atoms with van der Waals surface area (Å²) in [6.07, 6.45) is 1.92. The van der Waals surface area contributed by atoms with Crippen molar-refractivity contribution in [1.29, 1.82) is 0 Å². The number of fused-ring (bicyclic) bond motifs is 1. The molecule has 0 atom stereocenters. The van der Waals surface area contributed by atoms with E-state index >= 15 is 0 Å². The predicted octanol–water partition coefficient (Wildman–Crippen LogP) is 2.46. The zero-order valence-corrected chi connectivity index (χ0v) is 6.23. The highest BCUT2D eigenvalue weighted by atomic mass is 32.1. The first-order valence-corrected chi connectivity index (χ1v) is 3.58. The van der Waals surface area contributed by atoms with Gasteiger partial charge in [-0.05, 0) is 12.1 Å². The summed E-state index contributed by atoms with van der Waals surface area (Å²) in [5.41, 5.74) is 1.12. The van der Waals surface area contributed by atoms with Gasteiger partial charge < -0.3 is 4.98 Å².